The second kappa shape index (κ2) is 8.76. The summed E-state index contributed by atoms with van der Waals surface area (Å²) < 4.78 is 23.4. The molecular formula is C21H23N3O4S3. The van der Waals surface area contributed by atoms with Gasteiger partial charge in [0.25, 0.3) is 5.56 Å². The van der Waals surface area contributed by atoms with Gasteiger partial charge in [0.1, 0.15) is 10.7 Å². The first kappa shape index (κ1) is 22.0. The Morgan fingerprint density at radius 3 is 2.77 bits per heavy atom. The fraction of sp³-hybridized carbons (Fsp3) is 0.381. The predicted octanol–water partition coefficient (Wildman–Crippen LogP) is 2.92. The van der Waals surface area contributed by atoms with Crippen LogP contribution in [0, 0.1) is 0 Å². The molecule has 0 radical (unpaired) electrons. The number of aromatic nitrogens is 2. The molecule has 1 aliphatic heterocycles. The molecule has 0 bridgehead atoms. The van der Waals surface area contributed by atoms with E-state index in [0.717, 1.165) is 11.1 Å². The van der Waals surface area contributed by atoms with Gasteiger partial charge in [-0.2, -0.15) is 0 Å². The summed E-state index contributed by atoms with van der Waals surface area (Å²) in [5.74, 6) is 0.953. The minimum atomic E-state index is -3.05. The SMILES string of the molecule is CC(SCc1nc2scc(-c3ccccc3)c2c(=O)[nH]1)C(=O)N(C)C1CCS(=O)(=O)C1. The van der Waals surface area contributed by atoms with Gasteiger partial charge >= 0.3 is 0 Å². The van der Waals surface area contributed by atoms with Crippen molar-refractivity contribution in [3.05, 3.63) is 51.9 Å². The number of hydrogen-bond acceptors (Lipinski definition) is 7. The van der Waals surface area contributed by atoms with Gasteiger partial charge in [0.15, 0.2) is 9.84 Å². The number of sulfone groups is 1. The number of nitrogens with zero attached hydrogens (tertiary/aromatic N) is 2. The Morgan fingerprint density at radius 1 is 1.35 bits per heavy atom. The molecule has 1 aromatic carbocycles. The number of rotatable bonds is 6. The van der Waals surface area contributed by atoms with E-state index < -0.39 is 9.84 Å². The fourth-order valence-electron chi connectivity index (χ4n) is 3.71. The number of nitrogens with one attached hydrogen (secondary N) is 1. The lowest BCUT2D eigenvalue weighted by atomic mass is 10.1. The number of carbonyl (C=O) groups is 1. The molecule has 0 spiro atoms. The van der Waals surface area contributed by atoms with Crippen molar-refractivity contribution >= 4 is 49.1 Å². The summed E-state index contributed by atoms with van der Waals surface area (Å²) in [6, 6.07) is 9.46. The zero-order chi connectivity index (χ0) is 22.2. The van der Waals surface area contributed by atoms with Crippen LogP contribution in [0.15, 0.2) is 40.5 Å². The molecular weight excluding hydrogens is 454 g/mol. The predicted molar refractivity (Wildman–Crippen MR) is 126 cm³/mol. The highest BCUT2D eigenvalue weighted by molar-refractivity contribution is 7.99. The van der Waals surface area contributed by atoms with Crippen molar-refractivity contribution in [3.63, 3.8) is 0 Å². The van der Waals surface area contributed by atoms with Gasteiger partial charge in [-0.1, -0.05) is 30.3 Å². The first-order chi connectivity index (χ1) is 14.7. The lowest BCUT2D eigenvalue weighted by molar-refractivity contribution is -0.130. The maximum Gasteiger partial charge on any atom is 0.260 e. The van der Waals surface area contributed by atoms with Crippen molar-refractivity contribution in [1.29, 1.82) is 0 Å². The molecule has 3 aromatic rings. The van der Waals surface area contributed by atoms with E-state index >= 15 is 0 Å². The van der Waals surface area contributed by atoms with E-state index in [1.165, 1.54) is 23.1 Å². The van der Waals surface area contributed by atoms with Crippen molar-refractivity contribution in [2.75, 3.05) is 18.6 Å². The number of carbonyl (C=O) groups excluding carboxylic acids is 1. The van der Waals surface area contributed by atoms with Crippen LogP contribution in [0.1, 0.15) is 19.2 Å². The van der Waals surface area contributed by atoms with Crippen molar-refractivity contribution in [3.8, 4) is 11.1 Å². The van der Waals surface area contributed by atoms with Crippen LogP contribution in [0.2, 0.25) is 0 Å². The standard InChI is InChI=1S/C21H23N3O4S3/c1-13(21(26)24(2)15-8-9-31(27,28)12-15)29-11-17-22-19(25)18-16(10-30-20(18)23-17)14-6-4-3-5-7-14/h3-7,10,13,15H,8-9,11-12H2,1-2H3,(H,22,23,25). The Balaban J connectivity index is 1.45. The molecule has 1 N–H and O–H groups in total. The van der Waals surface area contributed by atoms with Crippen LogP contribution in [0.4, 0.5) is 0 Å². The Labute approximate surface area is 188 Å². The summed E-state index contributed by atoms with van der Waals surface area (Å²) in [7, 11) is -1.39. The number of H-pyrrole nitrogens is 1. The maximum atomic E-state index is 12.7. The first-order valence-corrected chi connectivity index (χ1v) is 13.6. The highest BCUT2D eigenvalue weighted by Crippen LogP contribution is 2.31. The molecule has 2 aromatic heterocycles. The van der Waals surface area contributed by atoms with Gasteiger partial charge in [-0.25, -0.2) is 13.4 Å². The van der Waals surface area contributed by atoms with Gasteiger partial charge in [-0.05, 0) is 18.9 Å². The molecule has 1 amide bonds. The average Bonchev–Trinajstić information content (AvgIpc) is 3.35. The van der Waals surface area contributed by atoms with Crippen LogP contribution in [0.5, 0.6) is 0 Å². The van der Waals surface area contributed by atoms with Gasteiger partial charge in [-0.15, -0.1) is 23.1 Å². The Hall–Kier alpha value is -2.17. The number of hydrogen-bond donors (Lipinski definition) is 1. The topological polar surface area (TPSA) is 100 Å². The van der Waals surface area contributed by atoms with Gasteiger partial charge in [0, 0.05) is 24.0 Å². The third-order valence-corrected chi connectivity index (χ3v) is 9.26. The summed E-state index contributed by atoms with van der Waals surface area (Å²) >= 11 is 2.80. The lowest BCUT2D eigenvalue weighted by Gasteiger charge is -2.26. The van der Waals surface area contributed by atoms with E-state index in [-0.39, 0.29) is 34.3 Å². The molecule has 1 saturated heterocycles. The van der Waals surface area contributed by atoms with E-state index in [0.29, 0.717) is 28.2 Å². The number of thiophene rings is 1. The lowest BCUT2D eigenvalue weighted by Crippen LogP contribution is -2.41. The Bertz CT molecular complexity index is 1270. The third kappa shape index (κ3) is 4.70. The summed E-state index contributed by atoms with van der Waals surface area (Å²) in [5.41, 5.74) is 1.65. The Kier molecular flexibility index (Phi) is 6.23. The van der Waals surface area contributed by atoms with Crippen LogP contribution >= 0.6 is 23.1 Å². The number of fused-ring (bicyclic) bond motifs is 1. The molecule has 1 aliphatic rings. The molecule has 2 atom stereocenters. The molecule has 7 nitrogen and oxygen atoms in total. The second-order valence-electron chi connectivity index (χ2n) is 7.67. The van der Waals surface area contributed by atoms with Crippen LogP contribution in [0.3, 0.4) is 0 Å². The second-order valence-corrected chi connectivity index (χ2v) is 12.1. The molecule has 164 valence electrons. The molecule has 4 rings (SSSR count). The molecule has 2 unspecified atom stereocenters. The van der Waals surface area contributed by atoms with E-state index in [4.69, 9.17) is 0 Å². The van der Waals surface area contributed by atoms with Gasteiger partial charge in [0.05, 0.1) is 27.9 Å². The largest absolute Gasteiger partial charge is 0.341 e. The third-order valence-electron chi connectivity index (χ3n) is 5.50. The summed E-state index contributed by atoms with van der Waals surface area (Å²) in [5, 5.41) is 2.14. The summed E-state index contributed by atoms with van der Waals surface area (Å²) in [6.07, 6.45) is 0.482. The minimum Gasteiger partial charge on any atom is -0.341 e. The zero-order valence-corrected chi connectivity index (χ0v) is 19.6. The van der Waals surface area contributed by atoms with Crippen LogP contribution in [-0.4, -0.2) is 59.0 Å². The number of benzene rings is 1. The molecule has 3 heterocycles. The van der Waals surface area contributed by atoms with Crippen LogP contribution in [0.25, 0.3) is 21.3 Å². The highest BCUT2D eigenvalue weighted by atomic mass is 32.2. The number of amides is 1. The number of aromatic amines is 1. The molecule has 1 fully saturated rings. The molecule has 0 saturated carbocycles. The Morgan fingerprint density at radius 2 is 2.10 bits per heavy atom. The fourth-order valence-corrected chi connectivity index (χ4v) is 7.31. The quantitative estimate of drug-likeness (QED) is 0.586. The summed E-state index contributed by atoms with van der Waals surface area (Å²) in [6.45, 7) is 1.79. The summed E-state index contributed by atoms with van der Waals surface area (Å²) in [4.78, 5) is 35.1. The minimum absolute atomic E-state index is 0.0281. The van der Waals surface area contributed by atoms with Gasteiger partial charge in [-0.3, -0.25) is 9.59 Å². The van der Waals surface area contributed by atoms with Crippen LogP contribution < -0.4 is 5.56 Å². The van der Waals surface area contributed by atoms with E-state index in [2.05, 4.69) is 9.97 Å². The molecule has 0 aliphatic carbocycles. The average molecular weight is 478 g/mol. The van der Waals surface area contributed by atoms with Gasteiger partial charge < -0.3 is 9.88 Å². The van der Waals surface area contributed by atoms with Crippen molar-refractivity contribution in [1.82, 2.24) is 14.9 Å². The van der Waals surface area contributed by atoms with Crippen molar-refractivity contribution in [2.45, 2.75) is 30.4 Å². The molecule has 10 heteroatoms. The normalized spacial score (nSPS) is 18.8. The maximum absolute atomic E-state index is 12.7. The first-order valence-electron chi connectivity index (χ1n) is 9.89. The highest BCUT2D eigenvalue weighted by Gasteiger charge is 2.34. The van der Waals surface area contributed by atoms with Gasteiger partial charge in [0.2, 0.25) is 5.91 Å². The van der Waals surface area contributed by atoms with Crippen molar-refractivity contribution < 1.29 is 13.2 Å². The van der Waals surface area contributed by atoms with Crippen LogP contribution in [-0.2, 0) is 20.4 Å². The number of thioether (sulfide) groups is 1. The smallest absolute Gasteiger partial charge is 0.260 e. The van der Waals surface area contributed by atoms with E-state index in [1.807, 2.05) is 35.7 Å². The van der Waals surface area contributed by atoms with E-state index in [1.54, 1.807) is 18.9 Å². The monoisotopic (exact) mass is 477 g/mol. The van der Waals surface area contributed by atoms with Crippen molar-refractivity contribution in [2.24, 2.45) is 0 Å². The van der Waals surface area contributed by atoms with E-state index in [9.17, 15) is 18.0 Å². The molecule has 31 heavy (non-hydrogen) atoms. The zero-order valence-electron chi connectivity index (χ0n) is 17.2.